The van der Waals surface area contributed by atoms with Gasteiger partial charge in [-0.05, 0) is 18.9 Å². The van der Waals surface area contributed by atoms with Crippen LogP contribution < -0.4 is 5.73 Å². The molecular formula is C7H13NO. The molecule has 2 N–H and O–H groups in total. The Morgan fingerprint density at radius 2 is 2.56 bits per heavy atom. The summed E-state index contributed by atoms with van der Waals surface area (Å²) in [5, 5.41) is 0. The molecule has 1 saturated heterocycles. The van der Waals surface area contributed by atoms with Crippen molar-refractivity contribution in [1.82, 2.24) is 0 Å². The minimum Gasteiger partial charge on any atom is -0.377 e. The first kappa shape index (κ1) is 6.78. The van der Waals surface area contributed by atoms with Gasteiger partial charge in [-0.2, -0.15) is 0 Å². The minimum atomic E-state index is 0.679. The Morgan fingerprint density at radius 3 is 3.00 bits per heavy atom. The fourth-order valence-corrected chi connectivity index (χ4v) is 0.944. The summed E-state index contributed by atoms with van der Waals surface area (Å²) in [7, 11) is 0. The van der Waals surface area contributed by atoms with Crippen molar-refractivity contribution < 1.29 is 4.74 Å². The van der Waals surface area contributed by atoms with E-state index in [4.69, 9.17) is 10.5 Å². The third-order valence-electron chi connectivity index (χ3n) is 1.73. The molecule has 1 rings (SSSR count). The molecule has 0 aromatic carbocycles. The zero-order valence-electron chi connectivity index (χ0n) is 5.81. The Kier molecular flexibility index (Phi) is 2.25. The lowest BCUT2D eigenvalue weighted by atomic mass is 10.1. The van der Waals surface area contributed by atoms with Gasteiger partial charge in [-0.15, -0.1) is 0 Å². The van der Waals surface area contributed by atoms with Crippen LogP contribution in [0.5, 0.6) is 0 Å². The molecule has 1 aliphatic heterocycles. The summed E-state index contributed by atoms with van der Waals surface area (Å²) in [6.45, 7) is 4.44. The van der Waals surface area contributed by atoms with Gasteiger partial charge in [0, 0.05) is 6.54 Å². The molecule has 0 saturated carbocycles. The smallest absolute Gasteiger partial charge is 0.0680 e. The first-order valence-electron chi connectivity index (χ1n) is 3.30. The maximum absolute atomic E-state index is 5.44. The van der Waals surface area contributed by atoms with Crippen LogP contribution in [0, 0.1) is 0 Å². The molecule has 0 spiro atoms. The van der Waals surface area contributed by atoms with Crippen LogP contribution >= 0.6 is 0 Å². The van der Waals surface area contributed by atoms with Crippen molar-refractivity contribution in [2.45, 2.75) is 13.3 Å². The fourth-order valence-electron chi connectivity index (χ4n) is 0.944. The zero-order valence-corrected chi connectivity index (χ0v) is 5.81. The number of hydrogen-bond acceptors (Lipinski definition) is 2. The molecule has 0 radical (unpaired) electrons. The van der Waals surface area contributed by atoms with Gasteiger partial charge in [0.25, 0.3) is 0 Å². The lowest BCUT2D eigenvalue weighted by molar-refractivity contribution is 0.204. The Morgan fingerprint density at radius 1 is 1.78 bits per heavy atom. The van der Waals surface area contributed by atoms with E-state index in [1.165, 1.54) is 11.1 Å². The maximum Gasteiger partial charge on any atom is 0.0680 e. The van der Waals surface area contributed by atoms with Gasteiger partial charge in [-0.3, -0.25) is 0 Å². The SMILES string of the molecule is C/C(CN)=C1/CCOC1. The number of ether oxygens (including phenoxy) is 1. The van der Waals surface area contributed by atoms with E-state index in [0.29, 0.717) is 6.54 Å². The van der Waals surface area contributed by atoms with E-state index in [1.54, 1.807) is 0 Å². The Hall–Kier alpha value is -0.340. The topological polar surface area (TPSA) is 35.2 Å². The molecule has 1 aliphatic rings. The molecule has 0 aliphatic carbocycles. The highest BCUT2D eigenvalue weighted by molar-refractivity contribution is 5.15. The van der Waals surface area contributed by atoms with Crippen molar-refractivity contribution in [3.05, 3.63) is 11.1 Å². The molecule has 0 aromatic rings. The summed E-state index contributed by atoms with van der Waals surface area (Å²) in [6.07, 6.45) is 1.09. The monoisotopic (exact) mass is 127 g/mol. The Labute approximate surface area is 55.7 Å². The Bertz CT molecular complexity index is 121. The van der Waals surface area contributed by atoms with E-state index in [9.17, 15) is 0 Å². The van der Waals surface area contributed by atoms with Crippen molar-refractivity contribution in [3.63, 3.8) is 0 Å². The van der Waals surface area contributed by atoms with E-state index >= 15 is 0 Å². The van der Waals surface area contributed by atoms with Gasteiger partial charge in [-0.1, -0.05) is 5.57 Å². The predicted molar refractivity (Wildman–Crippen MR) is 37.2 cm³/mol. The van der Waals surface area contributed by atoms with Gasteiger partial charge in [0.2, 0.25) is 0 Å². The first-order chi connectivity index (χ1) is 4.34. The quantitative estimate of drug-likeness (QED) is 0.526. The maximum atomic E-state index is 5.44. The molecular weight excluding hydrogens is 114 g/mol. The molecule has 0 bridgehead atoms. The highest BCUT2D eigenvalue weighted by Crippen LogP contribution is 2.14. The molecule has 2 heteroatoms. The molecule has 9 heavy (non-hydrogen) atoms. The van der Waals surface area contributed by atoms with Crippen LogP contribution in [0.4, 0.5) is 0 Å². The molecule has 1 heterocycles. The second-order valence-electron chi connectivity index (χ2n) is 2.39. The summed E-state index contributed by atoms with van der Waals surface area (Å²) < 4.78 is 5.17. The second kappa shape index (κ2) is 2.99. The molecule has 0 atom stereocenters. The van der Waals surface area contributed by atoms with Gasteiger partial charge in [-0.25, -0.2) is 0 Å². The van der Waals surface area contributed by atoms with Crippen molar-refractivity contribution in [3.8, 4) is 0 Å². The van der Waals surface area contributed by atoms with Gasteiger partial charge in [0.1, 0.15) is 0 Å². The van der Waals surface area contributed by atoms with Crippen molar-refractivity contribution >= 4 is 0 Å². The van der Waals surface area contributed by atoms with Crippen molar-refractivity contribution in [2.24, 2.45) is 5.73 Å². The van der Waals surface area contributed by atoms with Gasteiger partial charge < -0.3 is 10.5 Å². The van der Waals surface area contributed by atoms with Crippen LogP contribution in [0.15, 0.2) is 11.1 Å². The number of rotatable bonds is 1. The molecule has 0 unspecified atom stereocenters. The zero-order chi connectivity index (χ0) is 6.69. The normalized spacial score (nSPS) is 24.7. The number of nitrogens with two attached hydrogens (primary N) is 1. The van der Waals surface area contributed by atoms with Crippen LogP contribution in [-0.2, 0) is 4.74 Å². The van der Waals surface area contributed by atoms with Crippen LogP contribution in [0.2, 0.25) is 0 Å². The lowest BCUT2D eigenvalue weighted by Gasteiger charge is -1.98. The summed E-state index contributed by atoms with van der Waals surface area (Å²) in [4.78, 5) is 0. The van der Waals surface area contributed by atoms with E-state index < -0.39 is 0 Å². The molecule has 2 nitrogen and oxygen atoms in total. The Balaban J connectivity index is 2.55. The standard InChI is InChI=1S/C7H13NO/c1-6(4-8)7-2-3-9-5-7/h2-5,8H2,1H3/b7-6+. The number of hydrogen-bond donors (Lipinski definition) is 1. The summed E-state index contributed by atoms with van der Waals surface area (Å²) in [5.41, 5.74) is 8.14. The van der Waals surface area contributed by atoms with Gasteiger partial charge in [0.05, 0.1) is 13.2 Å². The molecule has 0 aromatic heterocycles. The van der Waals surface area contributed by atoms with Gasteiger partial charge in [0.15, 0.2) is 0 Å². The van der Waals surface area contributed by atoms with Crippen LogP contribution in [0.3, 0.4) is 0 Å². The highest BCUT2D eigenvalue weighted by atomic mass is 16.5. The summed E-state index contributed by atoms with van der Waals surface area (Å²) >= 11 is 0. The third kappa shape index (κ3) is 1.53. The van der Waals surface area contributed by atoms with Crippen molar-refractivity contribution in [1.29, 1.82) is 0 Å². The predicted octanol–water partition coefficient (Wildman–Crippen LogP) is 0.682. The van der Waals surface area contributed by atoms with Crippen LogP contribution in [0.25, 0.3) is 0 Å². The van der Waals surface area contributed by atoms with Crippen molar-refractivity contribution in [2.75, 3.05) is 19.8 Å². The largest absolute Gasteiger partial charge is 0.377 e. The van der Waals surface area contributed by atoms with E-state index in [0.717, 1.165) is 19.6 Å². The van der Waals surface area contributed by atoms with Crippen LogP contribution in [0.1, 0.15) is 13.3 Å². The molecule has 0 amide bonds. The molecule has 1 fully saturated rings. The van der Waals surface area contributed by atoms with E-state index in [2.05, 4.69) is 6.92 Å². The lowest BCUT2D eigenvalue weighted by Crippen LogP contribution is -2.03. The second-order valence-corrected chi connectivity index (χ2v) is 2.39. The summed E-state index contributed by atoms with van der Waals surface area (Å²) in [6, 6.07) is 0. The van der Waals surface area contributed by atoms with Gasteiger partial charge >= 0.3 is 0 Å². The van der Waals surface area contributed by atoms with E-state index in [-0.39, 0.29) is 0 Å². The third-order valence-corrected chi connectivity index (χ3v) is 1.73. The fraction of sp³-hybridized carbons (Fsp3) is 0.714. The van der Waals surface area contributed by atoms with Crippen LogP contribution in [-0.4, -0.2) is 19.8 Å². The average Bonchev–Trinajstić information content (AvgIpc) is 2.37. The summed E-state index contributed by atoms with van der Waals surface area (Å²) in [5.74, 6) is 0. The van der Waals surface area contributed by atoms with E-state index in [1.807, 2.05) is 0 Å². The minimum absolute atomic E-state index is 0.679. The highest BCUT2D eigenvalue weighted by Gasteiger charge is 2.08. The average molecular weight is 127 g/mol. The molecule has 52 valence electrons. The first-order valence-corrected chi connectivity index (χ1v) is 3.30.